The van der Waals surface area contributed by atoms with Gasteiger partial charge in [0.25, 0.3) is 0 Å². The lowest BCUT2D eigenvalue weighted by Crippen LogP contribution is -2.23. The minimum absolute atomic E-state index is 0.124. The highest BCUT2D eigenvalue weighted by atomic mass is 32.1. The number of nitrogens with zero attached hydrogens (tertiary/aromatic N) is 2. The normalized spacial score (nSPS) is 10.1. The van der Waals surface area contributed by atoms with Crippen LogP contribution in [0.5, 0.6) is 5.75 Å². The number of hydrazone groups is 1. The molecule has 5 nitrogen and oxygen atoms in total. The van der Waals surface area contributed by atoms with Crippen molar-refractivity contribution in [3.63, 3.8) is 0 Å². The summed E-state index contributed by atoms with van der Waals surface area (Å²) in [7, 11) is 0. The molecule has 2 aromatic carbocycles. The van der Waals surface area contributed by atoms with E-state index in [0.717, 1.165) is 16.9 Å². The largest absolute Gasteiger partial charge is 0.489 e. The minimum atomic E-state index is 0.124. The number of nitrogens with one attached hydrogen (secondary N) is 1. The summed E-state index contributed by atoms with van der Waals surface area (Å²) >= 11 is 4.64. The first kappa shape index (κ1) is 15.5. The number of thiocarbonyl (C=S) groups is 1. The van der Waals surface area contributed by atoms with Crippen molar-refractivity contribution in [3.05, 3.63) is 65.2 Å². The number of rotatable bonds is 5. The van der Waals surface area contributed by atoms with Crippen molar-refractivity contribution >= 4 is 23.5 Å². The average Bonchev–Trinajstić information content (AvgIpc) is 2.54. The molecule has 0 atom stereocenters. The van der Waals surface area contributed by atoms with E-state index in [2.05, 4.69) is 28.8 Å². The van der Waals surface area contributed by atoms with Gasteiger partial charge in [-0.25, -0.2) is 0 Å². The van der Waals surface area contributed by atoms with Crippen LogP contribution in [0, 0.1) is 11.3 Å². The lowest BCUT2D eigenvalue weighted by atomic mass is 10.1. The molecule has 0 radical (unpaired) electrons. The first-order chi connectivity index (χ1) is 10.7. The van der Waals surface area contributed by atoms with Crippen molar-refractivity contribution in [2.75, 3.05) is 0 Å². The third-order valence-corrected chi connectivity index (χ3v) is 2.85. The van der Waals surface area contributed by atoms with Gasteiger partial charge in [0, 0.05) is 0 Å². The van der Waals surface area contributed by atoms with E-state index >= 15 is 0 Å². The molecule has 0 bridgehead atoms. The van der Waals surface area contributed by atoms with E-state index in [4.69, 9.17) is 15.7 Å². The van der Waals surface area contributed by atoms with Crippen LogP contribution < -0.4 is 15.9 Å². The number of hydrogen-bond acceptors (Lipinski definition) is 4. The third-order valence-electron chi connectivity index (χ3n) is 2.76. The second kappa shape index (κ2) is 7.76. The molecule has 2 rings (SSSR count). The SMILES string of the molecule is N#Cc1ccc(COc2ccc(C=NNC(N)=S)cc2)cc1. The molecule has 0 saturated heterocycles. The molecule has 0 aliphatic heterocycles. The van der Waals surface area contributed by atoms with Crippen LogP contribution in [0.25, 0.3) is 0 Å². The van der Waals surface area contributed by atoms with Gasteiger partial charge in [-0.3, -0.25) is 5.43 Å². The molecule has 0 unspecified atom stereocenters. The van der Waals surface area contributed by atoms with Crippen LogP contribution in [0.4, 0.5) is 0 Å². The number of hydrogen-bond donors (Lipinski definition) is 2. The predicted molar refractivity (Wildman–Crippen MR) is 89.4 cm³/mol. The van der Waals surface area contributed by atoms with Gasteiger partial charge in [-0.2, -0.15) is 10.4 Å². The molecule has 0 saturated carbocycles. The Kier molecular flexibility index (Phi) is 5.46. The van der Waals surface area contributed by atoms with Crippen LogP contribution in [0.3, 0.4) is 0 Å². The van der Waals surface area contributed by atoms with Crippen molar-refractivity contribution in [1.29, 1.82) is 5.26 Å². The predicted octanol–water partition coefficient (Wildman–Crippen LogP) is 2.30. The van der Waals surface area contributed by atoms with Crippen molar-refractivity contribution in [2.45, 2.75) is 6.61 Å². The lowest BCUT2D eigenvalue weighted by Gasteiger charge is -2.06. The van der Waals surface area contributed by atoms with Gasteiger partial charge in [0.2, 0.25) is 0 Å². The van der Waals surface area contributed by atoms with Crippen LogP contribution in [0.15, 0.2) is 53.6 Å². The molecule has 0 aliphatic rings. The van der Waals surface area contributed by atoms with Gasteiger partial charge in [-0.05, 0) is 59.7 Å². The van der Waals surface area contributed by atoms with E-state index in [1.165, 1.54) is 0 Å². The van der Waals surface area contributed by atoms with Crippen LogP contribution in [0.1, 0.15) is 16.7 Å². The van der Waals surface area contributed by atoms with E-state index in [1.54, 1.807) is 18.3 Å². The molecule has 22 heavy (non-hydrogen) atoms. The molecule has 3 N–H and O–H groups in total. The Hall–Kier alpha value is -2.91. The second-order valence-electron chi connectivity index (χ2n) is 4.40. The second-order valence-corrected chi connectivity index (χ2v) is 4.84. The fraction of sp³-hybridized carbons (Fsp3) is 0.0625. The fourth-order valence-electron chi connectivity index (χ4n) is 1.66. The van der Waals surface area contributed by atoms with E-state index in [-0.39, 0.29) is 5.11 Å². The molecule has 6 heteroatoms. The summed E-state index contributed by atoms with van der Waals surface area (Å²) in [6.45, 7) is 0.447. The number of nitriles is 1. The van der Waals surface area contributed by atoms with E-state index in [9.17, 15) is 0 Å². The summed E-state index contributed by atoms with van der Waals surface area (Å²) in [6.07, 6.45) is 1.61. The third kappa shape index (κ3) is 4.89. The summed E-state index contributed by atoms with van der Waals surface area (Å²) in [5.74, 6) is 0.754. The zero-order valence-electron chi connectivity index (χ0n) is 11.7. The summed E-state index contributed by atoms with van der Waals surface area (Å²) in [5, 5.41) is 12.7. The summed E-state index contributed by atoms with van der Waals surface area (Å²) in [6, 6.07) is 16.8. The Bertz CT molecular complexity index is 702. The zero-order valence-corrected chi connectivity index (χ0v) is 12.5. The molecule has 0 aromatic heterocycles. The Morgan fingerprint density at radius 3 is 2.50 bits per heavy atom. The molecule has 2 aromatic rings. The van der Waals surface area contributed by atoms with Crippen molar-refractivity contribution < 1.29 is 4.74 Å². The van der Waals surface area contributed by atoms with Crippen molar-refractivity contribution in [3.8, 4) is 11.8 Å². The monoisotopic (exact) mass is 310 g/mol. The first-order valence-corrected chi connectivity index (χ1v) is 6.88. The summed E-state index contributed by atoms with van der Waals surface area (Å²) in [4.78, 5) is 0. The number of nitrogens with two attached hydrogens (primary N) is 1. The highest BCUT2D eigenvalue weighted by Gasteiger charge is 1.97. The zero-order chi connectivity index (χ0) is 15.8. The molecule has 0 spiro atoms. The van der Waals surface area contributed by atoms with Gasteiger partial charge in [0.15, 0.2) is 5.11 Å². The Morgan fingerprint density at radius 1 is 1.23 bits per heavy atom. The quantitative estimate of drug-likeness (QED) is 0.503. The van der Waals surface area contributed by atoms with Crippen molar-refractivity contribution in [1.82, 2.24) is 5.43 Å². The summed E-state index contributed by atoms with van der Waals surface area (Å²) < 4.78 is 5.68. The molecule has 0 amide bonds. The van der Waals surface area contributed by atoms with E-state index < -0.39 is 0 Å². The highest BCUT2D eigenvalue weighted by Crippen LogP contribution is 2.14. The lowest BCUT2D eigenvalue weighted by molar-refractivity contribution is 0.306. The standard InChI is InChI=1S/C16H14N4OS/c17-9-12-1-3-14(4-2-12)11-21-15-7-5-13(6-8-15)10-19-20-16(18)22/h1-8,10H,11H2,(H3,18,20,22). The van der Waals surface area contributed by atoms with Gasteiger partial charge in [0.1, 0.15) is 12.4 Å². The Labute approximate surface area is 134 Å². The minimum Gasteiger partial charge on any atom is -0.489 e. The summed E-state index contributed by atoms with van der Waals surface area (Å²) in [5.41, 5.74) is 10.3. The van der Waals surface area contributed by atoms with Gasteiger partial charge in [-0.15, -0.1) is 0 Å². The molecule has 110 valence electrons. The molecular weight excluding hydrogens is 296 g/mol. The van der Waals surface area contributed by atoms with Gasteiger partial charge < -0.3 is 10.5 Å². The molecular formula is C16H14N4OS. The van der Waals surface area contributed by atoms with Crippen LogP contribution in [-0.2, 0) is 6.61 Å². The number of ether oxygens (including phenoxy) is 1. The maximum absolute atomic E-state index is 8.74. The van der Waals surface area contributed by atoms with Crippen LogP contribution in [-0.4, -0.2) is 11.3 Å². The average molecular weight is 310 g/mol. The van der Waals surface area contributed by atoms with Crippen LogP contribution >= 0.6 is 12.2 Å². The first-order valence-electron chi connectivity index (χ1n) is 6.48. The maximum atomic E-state index is 8.74. The topological polar surface area (TPSA) is 83.4 Å². The molecule has 0 fully saturated rings. The van der Waals surface area contributed by atoms with Gasteiger partial charge in [0.05, 0.1) is 17.8 Å². The Balaban J connectivity index is 1.89. The fourth-order valence-corrected chi connectivity index (χ4v) is 1.72. The van der Waals surface area contributed by atoms with Gasteiger partial charge in [-0.1, -0.05) is 12.1 Å². The maximum Gasteiger partial charge on any atom is 0.184 e. The van der Waals surface area contributed by atoms with Gasteiger partial charge >= 0.3 is 0 Å². The smallest absolute Gasteiger partial charge is 0.184 e. The van der Waals surface area contributed by atoms with Crippen LogP contribution in [0.2, 0.25) is 0 Å². The van der Waals surface area contributed by atoms with E-state index in [0.29, 0.717) is 12.2 Å². The molecule has 0 heterocycles. The van der Waals surface area contributed by atoms with E-state index in [1.807, 2.05) is 36.4 Å². The highest BCUT2D eigenvalue weighted by molar-refractivity contribution is 7.80. The number of benzene rings is 2. The molecule has 0 aliphatic carbocycles. The Morgan fingerprint density at radius 2 is 1.91 bits per heavy atom. The van der Waals surface area contributed by atoms with Crippen molar-refractivity contribution in [2.24, 2.45) is 10.8 Å².